The van der Waals surface area contributed by atoms with Gasteiger partial charge in [0.05, 0.1) is 11.5 Å². The molecule has 1 aromatic carbocycles. The summed E-state index contributed by atoms with van der Waals surface area (Å²) >= 11 is 0. The van der Waals surface area contributed by atoms with Crippen LogP contribution in [0.1, 0.15) is 83.8 Å². The van der Waals surface area contributed by atoms with Gasteiger partial charge in [0.2, 0.25) is 0 Å². The standard InChI is InChI=1S/C26H40F3NO2/c1-17(2)12-14-30(15-13-18(3)4)24-11-8-21(19(5)25(31)32)16-23(24)20-6-9-22(10-7-20)26(27,28)29/h6-7,9-10,17-19,21,23-24H,8,11-16H2,1-5H3,(H,31,32)/t19-,21-,23+,24-/m1/s1. The first-order valence-corrected chi connectivity index (χ1v) is 12.0. The van der Waals surface area contributed by atoms with Crippen molar-refractivity contribution in [2.45, 2.75) is 84.9 Å². The lowest BCUT2D eigenvalue weighted by Gasteiger charge is -2.44. The number of rotatable bonds is 10. The first-order valence-electron chi connectivity index (χ1n) is 12.0. The molecular weight excluding hydrogens is 415 g/mol. The second kappa shape index (κ2) is 11.5. The molecule has 6 heteroatoms. The number of hydrogen-bond acceptors (Lipinski definition) is 2. The molecule has 3 nitrogen and oxygen atoms in total. The van der Waals surface area contributed by atoms with Crippen molar-refractivity contribution in [3.63, 3.8) is 0 Å². The molecule has 0 aromatic heterocycles. The number of carboxylic acids is 1. The van der Waals surface area contributed by atoms with Crippen molar-refractivity contribution in [3.05, 3.63) is 35.4 Å². The summed E-state index contributed by atoms with van der Waals surface area (Å²) in [5.74, 6) is -0.0251. The second-order valence-corrected chi connectivity index (χ2v) is 10.4. The Bertz CT molecular complexity index is 703. The molecular formula is C26H40F3NO2. The van der Waals surface area contributed by atoms with Gasteiger partial charge in [-0.15, -0.1) is 0 Å². The third-order valence-electron chi connectivity index (χ3n) is 7.07. The SMILES string of the molecule is CC(C)CCN(CCC(C)C)[C@@H]1CC[C@@H]([C@@H](C)C(=O)O)C[C@H]1c1ccc(C(F)(F)F)cc1. The van der Waals surface area contributed by atoms with E-state index in [1.807, 2.05) is 0 Å². The van der Waals surface area contributed by atoms with Crippen LogP contribution in [-0.4, -0.2) is 35.1 Å². The van der Waals surface area contributed by atoms with Crippen LogP contribution in [0.4, 0.5) is 13.2 Å². The highest BCUT2D eigenvalue weighted by Gasteiger charge is 2.39. The number of alkyl halides is 3. The van der Waals surface area contributed by atoms with Crippen molar-refractivity contribution in [1.29, 1.82) is 0 Å². The summed E-state index contributed by atoms with van der Waals surface area (Å²) < 4.78 is 39.3. The van der Waals surface area contributed by atoms with Crippen molar-refractivity contribution in [2.75, 3.05) is 13.1 Å². The Balaban J connectivity index is 2.35. The third kappa shape index (κ3) is 7.50. The van der Waals surface area contributed by atoms with Gasteiger partial charge in [-0.05, 0) is 86.6 Å². The average molecular weight is 456 g/mol. The topological polar surface area (TPSA) is 40.5 Å². The molecule has 2 rings (SSSR count). The molecule has 0 spiro atoms. The smallest absolute Gasteiger partial charge is 0.416 e. The summed E-state index contributed by atoms with van der Waals surface area (Å²) in [4.78, 5) is 14.2. The Morgan fingerprint density at radius 2 is 1.53 bits per heavy atom. The van der Waals surface area contributed by atoms with Gasteiger partial charge in [-0.3, -0.25) is 9.69 Å². The van der Waals surface area contributed by atoms with Gasteiger partial charge in [-0.2, -0.15) is 13.2 Å². The molecule has 1 N–H and O–H groups in total. The third-order valence-corrected chi connectivity index (χ3v) is 7.07. The number of halogens is 3. The van der Waals surface area contributed by atoms with E-state index >= 15 is 0 Å². The van der Waals surface area contributed by atoms with Crippen LogP contribution in [0.5, 0.6) is 0 Å². The normalized spacial score (nSPS) is 23.2. The summed E-state index contributed by atoms with van der Waals surface area (Å²) in [5, 5.41) is 9.55. The molecule has 1 aliphatic rings. The van der Waals surface area contributed by atoms with Gasteiger partial charge in [0.1, 0.15) is 0 Å². The van der Waals surface area contributed by atoms with Crippen LogP contribution >= 0.6 is 0 Å². The maximum absolute atomic E-state index is 13.1. The van der Waals surface area contributed by atoms with Crippen LogP contribution in [0.3, 0.4) is 0 Å². The molecule has 0 saturated heterocycles. The van der Waals surface area contributed by atoms with E-state index in [2.05, 4.69) is 32.6 Å². The van der Waals surface area contributed by atoms with Crippen LogP contribution in [0.15, 0.2) is 24.3 Å². The molecule has 1 aromatic rings. The fourth-order valence-corrected chi connectivity index (χ4v) is 4.85. The van der Waals surface area contributed by atoms with Crippen molar-refractivity contribution in [1.82, 2.24) is 4.90 Å². The molecule has 4 atom stereocenters. The lowest BCUT2D eigenvalue weighted by Crippen LogP contribution is -2.45. The van der Waals surface area contributed by atoms with Gasteiger partial charge in [-0.1, -0.05) is 46.8 Å². The first kappa shape index (κ1) is 26.7. The molecule has 1 fully saturated rings. The minimum atomic E-state index is -4.36. The molecule has 0 heterocycles. The van der Waals surface area contributed by atoms with E-state index in [9.17, 15) is 23.1 Å². The highest BCUT2D eigenvalue weighted by molar-refractivity contribution is 5.69. The minimum absolute atomic E-state index is 0.0353. The van der Waals surface area contributed by atoms with Crippen LogP contribution in [0.25, 0.3) is 0 Å². The quantitative estimate of drug-likeness (QED) is 0.410. The largest absolute Gasteiger partial charge is 0.481 e. The van der Waals surface area contributed by atoms with Gasteiger partial charge in [-0.25, -0.2) is 0 Å². The number of aliphatic carboxylic acids is 1. The zero-order valence-corrected chi connectivity index (χ0v) is 20.2. The maximum Gasteiger partial charge on any atom is 0.416 e. The highest BCUT2D eigenvalue weighted by Crippen LogP contribution is 2.43. The predicted octanol–water partition coefficient (Wildman–Crippen LogP) is 7.07. The van der Waals surface area contributed by atoms with Gasteiger partial charge >= 0.3 is 12.1 Å². The van der Waals surface area contributed by atoms with Crippen LogP contribution in [-0.2, 0) is 11.0 Å². The number of carboxylic acid groups (broad SMARTS) is 1. The Kier molecular flexibility index (Phi) is 9.62. The van der Waals surface area contributed by atoms with Crippen molar-refractivity contribution in [3.8, 4) is 0 Å². The Morgan fingerprint density at radius 1 is 1.00 bits per heavy atom. The molecule has 0 radical (unpaired) electrons. The second-order valence-electron chi connectivity index (χ2n) is 10.4. The molecule has 0 aliphatic heterocycles. The summed E-state index contributed by atoms with van der Waals surface area (Å²) in [5.41, 5.74) is 0.255. The van der Waals surface area contributed by atoms with E-state index in [0.717, 1.165) is 44.3 Å². The van der Waals surface area contributed by atoms with Crippen molar-refractivity contribution < 1.29 is 23.1 Å². The van der Waals surface area contributed by atoms with Crippen molar-refractivity contribution in [2.24, 2.45) is 23.7 Å². The van der Waals surface area contributed by atoms with Crippen LogP contribution in [0, 0.1) is 23.7 Å². The fraction of sp³-hybridized carbons (Fsp3) is 0.731. The molecule has 0 amide bonds. The summed E-state index contributed by atoms with van der Waals surface area (Å²) in [6.45, 7) is 12.5. The molecule has 32 heavy (non-hydrogen) atoms. The lowest BCUT2D eigenvalue weighted by molar-refractivity contribution is -0.143. The first-order chi connectivity index (χ1) is 14.9. The van der Waals surface area contributed by atoms with Crippen LogP contribution in [0.2, 0.25) is 0 Å². The lowest BCUT2D eigenvalue weighted by atomic mass is 9.70. The molecule has 1 saturated carbocycles. The zero-order valence-electron chi connectivity index (χ0n) is 20.2. The zero-order chi connectivity index (χ0) is 24.1. The van der Waals surface area contributed by atoms with Gasteiger partial charge in [0.15, 0.2) is 0 Å². The minimum Gasteiger partial charge on any atom is -0.481 e. The fourth-order valence-electron chi connectivity index (χ4n) is 4.85. The number of hydrogen-bond donors (Lipinski definition) is 1. The Labute approximate surface area is 191 Å². The van der Waals surface area contributed by atoms with E-state index < -0.39 is 23.6 Å². The van der Waals surface area contributed by atoms with Crippen LogP contribution < -0.4 is 0 Å². The molecule has 182 valence electrons. The van der Waals surface area contributed by atoms with E-state index in [1.54, 1.807) is 19.1 Å². The van der Waals surface area contributed by atoms with Gasteiger partial charge < -0.3 is 5.11 Å². The van der Waals surface area contributed by atoms with Crippen molar-refractivity contribution >= 4 is 5.97 Å². The predicted molar refractivity (Wildman–Crippen MR) is 123 cm³/mol. The van der Waals surface area contributed by atoms with Gasteiger partial charge in [0.25, 0.3) is 0 Å². The average Bonchev–Trinajstić information content (AvgIpc) is 2.72. The Hall–Kier alpha value is -1.56. The number of nitrogens with zero attached hydrogens (tertiary/aromatic N) is 1. The number of carbonyl (C=O) groups is 1. The summed E-state index contributed by atoms with van der Waals surface area (Å²) in [7, 11) is 0. The molecule has 0 unspecified atom stereocenters. The maximum atomic E-state index is 13.1. The van der Waals surface area contributed by atoms with E-state index in [-0.39, 0.29) is 17.9 Å². The summed E-state index contributed by atoms with van der Waals surface area (Å²) in [6.07, 6.45) is 0.209. The van der Waals surface area contributed by atoms with Gasteiger partial charge in [0, 0.05) is 6.04 Å². The Morgan fingerprint density at radius 3 is 1.97 bits per heavy atom. The van der Waals surface area contributed by atoms with E-state index in [4.69, 9.17) is 0 Å². The summed E-state index contributed by atoms with van der Waals surface area (Å²) in [6, 6.07) is 5.78. The molecule has 0 bridgehead atoms. The van der Waals surface area contributed by atoms with E-state index in [1.165, 1.54) is 12.1 Å². The monoisotopic (exact) mass is 455 g/mol. The highest BCUT2D eigenvalue weighted by atomic mass is 19.4. The molecule has 1 aliphatic carbocycles. The number of benzene rings is 1. The van der Waals surface area contributed by atoms with E-state index in [0.29, 0.717) is 18.3 Å².